The number of hydrogen-bond donors (Lipinski definition) is 11. The number of ketones is 1. The van der Waals surface area contributed by atoms with E-state index in [2.05, 4.69) is 87.4 Å². The molecule has 8 amide bonds. The van der Waals surface area contributed by atoms with Gasteiger partial charge in [-0.25, -0.2) is 49.5 Å². The van der Waals surface area contributed by atoms with Crippen molar-refractivity contribution in [1.29, 1.82) is 0 Å². The number of ether oxygens (including phenoxy) is 2. The largest absolute Gasteiger partial charge is 0.444 e. The molecule has 732 valence electrons. The van der Waals surface area contributed by atoms with Crippen LogP contribution in [-0.4, -0.2) is 169 Å². The predicted molar refractivity (Wildman–Crippen MR) is 517 cm³/mol. The summed E-state index contributed by atoms with van der Waals surface area (Å²) in [6.07, 6.45) is 17.2. The molecule has 13 N–H and O–H groups in total. The Morgan fingerprint density at radius 2 is 0.693 bits per heavy atom. The lowest BCUT2D eigenvalue weighted by molar-refractivity contribution is -0.117. The lowest BCUT2D eigenvalue weighted by Gasteiger charge is -2.33. The minimum atomic E-state index is -1.14. The van der Waals surface area contributed by atoms with Gasteiger partial charge in [-0.15, -0.1) is 12.4 Å². The predicted octanol–water partition coefficient (Wildman–Crippen LogP) is 10.3. The van der Waals surface area contributed by atoms with Crippen LogP contribution in [-0.2, 0) is 42.6 Å². The number of amides is 8. The molecule has 137 heavy (non-hydrogen) atoms. The molecule has 0 radical (unpaired) electrons. The number of nitrogens with two attached hydrogens (primary N) is 2. The molecule has 5 aliphatic heterocycles. The van der Waals surface area contributed by atoms with E-state index in [0.29, 0.717) is 71.0 Å². The van der Waals surface area contributed by atoms with Crippen molar-refractivity contribution in [2.75, 3.05) is 48.9 Å². The average Bonchev–Trinajstić information content (AvgIpc) is 1.62. The number of aromatic amines is 1. The van der Waals surface area contributed by atoms with Crippen LogP contribution < -0.4 is 87.4 Å². The Morgan fingerprint density at radius 3 is 0.942 bits per heavy atom. The van der Waals surface area contributed by atoms with Gasteiger partial charge in [-0.05, 0) is 206 Å². The van der Waals surface area contributed by atoms with Crippen LogP contribution in [0.4, 0.5) is 49.9 Å². The molecular formula is C90H112Cl4N26O17. The summed E-state index contributed by atoms with van der Waals surface area (Å²) in [4.78, 5) is 215. The number of nitrogens with one attached hydrogen (secondary N) is 9. The fourth-order valence-electron chi connectivity index (χ4n) is 14.8. The van der Waals surface area contributed by atoms with Crippen LogP contribution >= 0.6 is 47.2 Å². The van der Waals surface area contributed by atoms with Gasteiger partial charge >= 0.3 is 12.2 Å². The molecule has 0 fully saturated rings. The van der Waals surface area contributed by atoms with Gasteiger partial charge < -0.3 is 83.1 Å². The Balaban J connectivity index is 0.000000221. The Bertz CT molecular complexity index is 6330. The highest BCUT2D eigenvalue weighted by molar-refractivity contribution is 6.31. The maximum Gasteiger partial charge on any atom is 0.410 e. The van der Waals surface area contributed by atoms with Crippen LogP contribution in [0.5, 0.6) is 0 Å². The van der Waals surface area contributed by atoms with Crippen LogP contribution in [0.15, 0.2) is 176 Å². The van der Waals surface area contributed by atoms with Gasteiger partial charge in [-0.1, -0.05) is 81.8 Å². The number of primary amides is 1. The number of rotatable bonds is 19. The summed E-state index contributed by atoms with van der Waals surface area (Å²) in [5, 5.41) is 23.2. The normalized spacial score (nSPS) is 17.7. The van der Waals surface area contributed by atoms with Gasteiger partial charge in [0.15, 0.2) is 0 Å². The Hall–Kier alpha value is -14.6. The minimum absolute atomic E-state index is 0. The van der Waals surface area contributed by atoms with E-state index in [1.165, 1.54) is 94.3 Å². The number of likely N-dealkylation sites (N-methyl/N-ethyl adjacent to an activating group) is 2. The number of aromatic nitrogens is 14. The first kappa shape index (κ1) is 109. The Morgan fingerprint density at radius 1 is 0.409 bits per heavy atom. The maximum absolute atomic E-state index is 13.1. The molecule has 0 aromatic carbocycles. The lowest BCUT2D eigenvalue weighted by Crippen LogP contribution is -2.53. The molecule has 0 aliphatic carbocycles. The maximum atomic E-state index is 13.1. The second kappa shape index (κ2) is 46.6. The zero-order valence-electron chi connectivity index (χ0n) is 78.8. The zero-order chi connectivity index (χ0) is 101. The SMILES string of the molecule is CCCC(C)=O.CCCC1(C)NC(=O)c2ccc(Cl)c(=O)n21.CCCC1(C)NC(=O)c2ccc(Nc3ccncn3)c(=O)n21.CCCC1(C)NC(=O)c2ccc(Nc3ccncn3)c(=O)n21.CN(CC1(C)NC(=O)c2ccc(Cl)c(=O)n21)C(=O)OC(C)(C)C.CN(CC1(C)NC(=O)c2ccc(Nc3ccncn3)c(=O)n21)C(=O)OC(C)(C)C.Cl.NC(=O)c1ccc(Cl)c(=O)[nH]1.Nc1ccncn1. The number of anilines is 7. The van der Waals surface area contributed by atoms with Crippen molar-refractivity contribution in [1.82, 2.24) is 104 Å². The summed E-state index contributed by atoms with van der Waals surface area (Å²) < 4.78 is 17.8. The first-order valence-electron chi connectivity index (χ1n) is 42.7. The molecule has 0 spiro atoms. The second-order valence-electron chi connectivity index (χ2n) is 34.5. The van der Waals surface area contributed by atoms with Crippen LogP contribution in [0.1, 0.15) is 225 Å². The number of Topliss-reactive ketones (excluding diaryl/α,β-unsaturated/α-hetero) is 1. The highest BCUT2D eigenvalue weighted by Gasteiger charge is 2.46. The van der Waals surface area contributed by atoms with E-state index in [1.807, 2.05) is 48.5 Å². The summed E-state index contributed by atoms with van der Waals surface area (Å²) in [7, 11) is 3.09. The van der Waals surface area contributed by atoms with E-state index < -0.39 is 80.2 Å². The fourth-order valence-corrected chi connectivity index (χ4v) is 15.2. The van der Waals surface area contributed by atoms with Crippen LogP contribution in [0, 0.1) is 0 Å². The van der Waals surface area contributed by atoms with Crippen molar-refractivity contribution in [2.24, 2.45) is 5.73 Å². The summed E-state index contributed by atoms with van der Waals surface area (Å²) in [6, 6.07) is 24.8. The van der Waals surface area contributed by atoms with Gasteiger partial charge in [0.25, 0.3) is 68.8 Å². The van der Waals surface area contributed by atoms with Crippen LogP contribution in [0.2, 0.25) is 15.1 Å². The molecule has 10 aromatic rings. The standard InChI is InChI=1S/C19H24N6O4.C15H20ClN3O4.2C15H17N5O2.C11H13ClN2O2.C6H5ClN2O2.C5H10O.C4H5N3.ClH/c1-18(2,3)29-17(28)24(5)10-19(4)23-15(26)13-7-6-12(16(27)25(13)19)22-14-8-9-20-11-21-14;1-14(2,3)23-13(22)18(5)8-15(4)17-11(20)10-7-6-9(16)12(21)19(10)15;2*1-3-7-15(2)19-13(21)11-5-4-10(14(22)20(11)15)18-12-6-8-16-9-17-12;1-3-6-11(2)13-9(15)8-5-4-7(12)10(16)14(8)11;7-3-1-2-4(5(8)10)9-6(3)11;1-3-4-5(2)6;5-4-1-2-6-3-7-4;/h6-9,11H,10H2,1-5H3,(H,23,26)(H,20,21,22);6-7H,8H2,1-5H3,(H,17,20);2*4-6,8-9H,3,7H2,1-2H3,(H,19,21)(H,16,17,18);4-5H,3,6H2,1-2H3,(H,13,15);1-2H,(H2,8,10)(H,9,11);3-4H2,1-2H3;1-3H,(H2,5,6,7);1H. The zero-order valence-corrected chi connectivity index (χ0v) is 81.9. The molecule has 5 aliphatic rings. The van der Waals surface area contributed by atoms with E-state index >= 15 is 0 Å². The molecule has 0 saturated heterocycles. The summed E-state index contributed by atoms with van der Waals surface area (Å²) >= 11 is 17.1. The van der Waals surface area contributed by atoms with Gasteiger partial charge in [0.2, 0.25) is 0 Å². The number of carbonyl (C=O) groups is 9. The molecular weight excluding hydrogens is 1860 g/mol. The quantitative estimate of drug-likeness (QED) is 0.0358. The number of fused-ring (bicyclic) bond motifs is 5. The first-order chi connectivity index (χ1) is 63.8. The van der Waals surface area contributed by atoms with E-state index in [-0.39, 0.29) is 109 Å². The van der Waals surface area contributed by atoms with Gasteiger partial charge in [-0.2, -0.15) is 0 Å². The van der Waals surface area contributed by atoms with E-state index in [4.69, 9.17) is 55.7 Å². The third-order valence-corrected chi connectivity index (χ3v) is 21.3. The van der Waals surface area contributed by atoms with Crippen molar-refractivity contribution < 1.29 is 52.6 Å². The van der Waals surface area contributed by atoms with Crippen molar-refractivity contribution in [2.45, 2.75) is 202 Å². The first-order valence-corrected chi connectivity index (χ1v) is 43.9. The number of carbonyl (C=O) groups excluding carboxylic acids is 9. The molecule has 15 rings (SSSR count). The number of halogens is 4. The number of nitrogen functional groups attached to an aromatic ring is 1. The van der Waals surface area contributed by atoms with E-state index in [1.54, 1.807) is 162 Å². The molecule has 47 heteroatoms. The summed E-state index contributed by atoms with van der Waals surface area (Å²) in [6.45, 7) is 29.2. The van der Waals surface area contributed by atoms with E-state index in [9.17, 15) is 71.9 Å². The molecule has 10 aromatic heterocycles. The highest BCUT2D eigenvalue weighted by atomic mass is 35.5. The van der Waals surface area contributed by atoms with E-state index in [0.717, 1.165) is 32.1 Å². The third kappa shape index (κ3) is 27.8. The summed E-state index contributed by atoms with van der Waals surface area (Å²) in [5.74, 6) is 0.181. The van der Waals surface area contributed by atoms with Crippen molar-refractivity contribution in [3.8, 4) is 0 Å². The highest BCUT2D eigenvalue weighted by Crippen LogP contribution is 2.32. The number of pyridine rings is 6. The number of H-pyrrole nitrogens is 1. The van der Waals surface area contributed by atoms with Crippen LogP contribution in [0.25, 0.3) is 0 Å². The molecule has 5 atom stereocenters. The third-order valence-electron chi connectivity index (χ3n) is 20.4. The number of hydrogen-bond acceptors (Lipinski definition) is 29. The average molecular weight is 1970 g/mol. The minimum Gasteiger partial charge on any atom is -0.444 e. The van der Waals surface area contributed by atoms with Crippen molar-refractivity contribution in [3.63, 3.8) is 0 Å². The van der Waals surface area contributed by atoms with Gasteiger partial charge in [0.1, 0.15) is 160 Å². The Kier molecular flexibility index (Phi) is 37.2. The molecule has 5 unspecified atom stereocenters. The Labute approximate surface area is 807 Å². The lowest BCUT2D eigenvalue weighted by atomic mass is 10.1. The summed E-state index contributed by atoms with van der Waals surface area (Å²) in [5.41, 5.74) is 4.93. The molecule has 43 nitrogen and oxygen atoms in total. The monoisotopic (exact) mass is 1970 g/mol. The molecule has 0 saturated carbocycles. The molecule has 15 heterocycles. The molecule has 0 bridgehead atoms. The van der Waals surface area contributed by atoms with Crippen LogP contribution in [0.3, 0.4) is 0 Å². The van der Waals surface area contributed by atoms with Gasteiger partial charge in [0.05, 0.1) is 13.1 Å². The topological polar surface area (TPSA) is 573 Å². The van der Waals surface area contributed by atoms with Crippen molar-refractivity contribution >= 4 is 141 Å². The second-order valence-corrected chi connectivity index (χ2v) is 35.7. The van der Waals surface area contributed by atoms with Crippen molar-refractivity contribution in [3.05, 3.63) is 259 Å². The number of nitrogens with zero attached hydrogens (tertiary/aromatic N) is 15. The van der Waals surface area contributed by atoms with Gasteiger partial charge in [0, 0.05) is 45.3 Å². The smallest absolute Gasteiger partial charge is 0.410 e. The van der Waals surface area contributed by atoms with Gasteiger partial charge in [-0.3, -0.25) is 80.4 Å². The fraction of sp³-hybridized carbons (Fsp3) is 0.389.